The number of nitrogens with one attached hydrogen (secondary N) is 1. The molecule has 4 heteroatoms. The third-order valence-corrected chi connectivity index (χ3v) is 3.39. The SMILES string of the molecule is CCC(=O)Nc1nc2c(CC)cccc2s1. The van der Waals surface area contributed by atoms with Gasteiger partial charge in [-0.05, 0) is 18.1 Å². The number of fused-ring (bicyclic) bond motifs is 1. The Bertz CT molecular complexity index is 519. The number of thiazole rings is 1. The first-order valence-electron chi connectivity index (χ1n) is 5.42. The number of rotatable bonds is 3. The molecule has 1 amide bonds. The third-order valence-electron chi connectivity index (χ3n) is 2.45. The van der Waals surface area contributed by atoms with Gasteiger partial charge in [-0.2, -0.15) is 0 Å². The molecule has 1 heterocycles. The molecule has 0 bridgehead atoms. The molecule has 0 aliphatic carbocycles. The zero-order chi connectivity index (χ0) is 11.5. The van der Waals surface area contributed by atoms with Crippen molar-refractivity contribution in [1.82, 2.24) is 4.98 Å². The summed E-state index contributed by atoms with van der Waals surface area (Å²) in [5, 5.41) is 3.50. The van der Waals surface area contributed by atoms with Crippen LogP contribution >= 0.6 is 11.3 Å². The van der Waals surface area contributed by atoms with Crippen LogP contribution in [0.15, 0.2) is 18.2 Å². The van der Waals surface area contributed by atoms with E-state index < -0.39 is 0 Å². The van der Waals surface area contributed by atoms with Gasteiger partial charge in [-0.15, -0.1) is 0 Å². The fourth-order valence-electron chi connectivity index (χ4n) is 1.55. The maximum Gasteiger partial charge on any atom is 0.225 e. The number of hydrogen-bond acceptors (Lipinski definition) is 3. The molecule has 0 saturated heterocycles. The van der Waals surface area contributed by atoms with Crippen LogP contribution in [-0.4, -0.2) is 10.9 Å². The van der Waals surface area contributed by atoms with Gasteiger partial charge in [0.05, 0.1) is 10.2 Å². The van der Waals surface area contributed by atoms with Crippen molar-refractivity contribution in [1.29, 1.82) is 0 Å². The highest BCUT2D eigenvalue weighted by Crippen LogP contribution is 2.28. The highest BCUT2D eigenvalue weighted by Gasteiger charge is 2.08. The first kappa shape index (κ1) is 11.1. The number of amides is 1. The van der Waals surface area contributed by atoms with E-state index >= 15 is 0 Å². The second-order valence-corrected chi connectivity index (χ2v) is 4.57. The lowest BCUT2D eigenvalue weighted by molar-refractivity contribution is -0.115. The summed E-state index contributed by atoms with van der Waals surface area (Å²) in [4.78, 5) is 15.7. The van der Waals surface area contributed by atoms with E-state index in [4.69, 9.17) is 0 Å². The van der Waals surface area contributed by atoms with Crippen molar-refractivity contribution in [2.24, 2.45) is 0 Å². The van der Waals surface area contributed by atoms with Gasteiger partial charge < -0.3 is 5.32 Å². The lowest BCUT2D eigenvalue weighted by Crippen LogP contribution is -2.08. The molecule has 0 unspecified atom stereocenters. The molecule has 0 fully saturated rings. The topological polar surface area (TPSA) is 42.0 Å². The normalized spacial score (nSPS) is 10.6. The first-order valence-corrected chi connectivity index (χ1v) is 6.24. The number of carbonyl (C=O) groups excluding carboxylic acids is 1. The van der Waals surface area contributed by atoms with Gasteiger partial charge in [-0.25, -0.2) is 4.98 Å². The third kappa shape index (κ3) is 2.07. The van der Waals surface area contributed by atoms with Gasteiger partial charge in [0.1, 0.15) is 0 Å². The van der Waals surface area contributed by atoms with Gasteiger partial charge in [0.2, 0.25) is 5.91 Å². The van der Waals surface area contributed by atoms with Crippen molar-refractivity contribution in [3.8, 4) is 0 Å². The minimum atomic E-state index is 0.0112. The predicted octanol–water partition coefficient (Wildman–Crippen LogP) is 3.21. The summed E-state index contributed by atoms with van der Waals surface area (Å²) in [5.74, 6) is 0.0112. The van der Waals surface area contributed by atoms with Gasteiger partial charge in [0.25, 0.3) is 0 Å². The van der Waals surface area contributed by atoms with E-state index in [1.54, 1.807) is 0 Å². The van der Waals surface area contributed by atoms with Crippen LogP contribution in [0.25, 0.3) is 10.2 Å². The maximum atomic E-state index is 11.3. The number of benzene rings is 1. The van der Waals surface area contributed by atoms with Gasteiger partial charge >= 0.3 is 0 Å². The van der Waals surface area contributed by atoms with Crippen LogP contribution in [0.3, 0.4) is 0 Å². The monoisotopic (exact) mass is 234 g/mol. The molecular weight excluding hydrogens is 220 g/mol. The number of nitrogens with zero attached hydrogens (tertiary/aromatic N) is 1. The van der Waals surface area contributed by atoms with E-state index in [9.17, 15) is 4.79 Å². The maximum absolute atomic E-state index is 11.3. The molecule has 0 aliphatic heterocycles. The van der Waals surface area contributed by atoms with Crippen molar-refractivity contribution in [2.45, 2.75) is 26.7 Å². The number of aryl methyl sites for hydroxylation is 1. The summed E-state index contributed by atoms with van der Waals surface area (Å²) in [5.41, 5.74) is 2.24. The number of hydrogen-bond donors (Lipinski definition) is 1. The molecule has 0 aliphatic rings. The summed E-state index contributed by atoms with van der Waals surface area (Å²) >= 11 is 1.53. The summed E-state index contributed by atoms with van der Waals surface area (Å²) < 4.78 is 1.13. The number of para-hydroxylation sites is 1. The molecule has 0 atom stereocenters. The van der Waals surface area contributed by atoms with Gasteiger partial charge in [-0.1, -0.05) is 37.3 Å². The van der Waals surface area contributed by atoms with Crippen LogP contribution in [0, 0.1) is 0 Å². The number of anilines is 1. The van der Waals surface area contributed by atoms with Crippen molar-refractivity contribution >= 4 is 32.6 Å². The van der Waals surface area contributed by atoms with Crippen molar-refractivity contribution in [3.63, 3.8) is 0 Å². The Hall–Kier alpha value is -1.42. The molecule has 0 radical (unpaired) electrons. The Morgan fingerprint density at radius 1 is 1.44 bits per heavy atom. The quantitative estimate of drug-likeness (QED) is 0.886. The van der Waals surface area contributed by atoms with Gasteiger partial charge in [0.15, 0.2) is 5.13 Å². The molecule has 1 aromatic carbocycles. The standard InChI is InChI=1S/C12H14N2OS/c1-3-8-6-5-7-9-11(8)14-12(16-9)13-10(15)4-2/h5-7H,3-4H2,1-2H3,(H,13,14,15). The molecule has 0 saturated carbocycles. The fourth-order valence-corrected chi connectivity index (χ4v) is 2.48. The molecule has 0 spiro atoms. The van der Waals surface area contributed by atoms with Crippen molar-refractivity contribution in [3.05, 3.63) is 23.8 Å². The average molecular weight is 234 g/mol. The van der Waals surface area contributed by atoms with Crippen molar-refractivity contribution < 1.29 is 4.79 Å². The lowest BCUT2D eigenvalue weighted by Gasteiger charge is -1.96. The molecule has 84 valence electrons. The van der Waals surface area contributed by atoms with E-state index in [2.05, 4.69) is 23.3 Å². The molecule has 1 aromatic heterocycles. The fraction of sp³-hybridized carbons (Fsp3) is 0.333. The molecule has 1 N–H and O–H groups in total. The van der Waals surface area contributed by atoms with E-state index in [0.29, 0.717) is 11.6 Å². The van der Waals surface area contributed by atoms with Crippen LogP contribution < -0.4 is 5.32 Å². The Morgan fingerprint density at radius 3 is 2.94 bits per heavy atom. The molecule has 3 nitrogen and oxygen atoms in total. The summed E-state index contributed by atoms with van der Waals surface area (Å²) in [6.07, 6.45) is 1.44. The number of carbonyl (C=O) groups is 1. The van der Waals surface area contributed by atoms with Crippen LogP contribution in [0.5, 0.6) is 0 Å². The predicted molar refractivity (Wildman–Crippen MR) is 67.9 cm³/mol. The average Bonchev–Trinajstić information content (AvgIpc) is 2.70. The second kappa shape index (κ2) is 4.61. The minimum absolute atomic E-state index is 0.0112. The zero-order valence-electron chi connectivity index (χ0n) is 9.41. The van der Waals surface area contributed by atoms with E-state index in [-0.39, 0.29) is 5.91 Å². The summed E-state index contributed by atoms with van der Waals surface area (Å²) in [6, 6.07) is 6.14. The van der Waals surface area contributed by atoms with E-state index in [0.717, 1.165) is 16.6 Å². The Balaban J connectivity index is 2.39. The highest BCUT2D eigenvalue weighted by atomic mass is 32.1. The number of aromatic nitrogens is 1. The lowest BCUT2D eigenvalue weighted by atomic mass is 10.1. The second-order valence-electron chi connectivity index (χ2n) is 3.54. The Morgan fingerprint density at radius 2 is 2.25 bits per heavy atom. The largest absolute Gasteiger partial charge is 0.302 e. The van der Waals surface area contributed by atoms with Gasteiger partial charge in [0, 0.05) is 6.42 Å². The molecular formula is C12H14N2OS. The van der Waals surface area contributed by atoms with Crippen LogP contribution in [0.4, 0.5) is 5.13 Å². The highest BCUT2D eigenvalue weighted by molar-refractivity contribution is 7.22. The first-order chi connectivity index (χ1) is 7.74. The van der Waals surface area contributed by atoms with Gasteiger partial charge in [-0.3, -0.25) is 4.79 Å². The molecule has 16 heavy (non-hydrogen) atoms. The van der Waals surface area contributed by atoms with Crippen molar-refractivity contribution in [2.75, 3.05) is 5.32 Å². The van der Waals surface area contributed by atoms with E-state index in [1.165, 1.54) is 16.9 Å². The summed E-state index contributed by atoms with van der Waals surface area (Å²) in [7, 11) is 0. The van der Waals surface area contributed by atoms with Crippen LogP contribution in [-0.2, 0) is 11.2 Å². The van der Waals surface area contributed by atoms with Crippen LogP contribution in [0.1, 0.15) is 25.8 Å². The van der Waals surface area contributed by atoms with E-state index in [1.807, 2.05) is 19.1 Å². The smallest absolute Gasteiger partial charge is 0.225 e. The summed E-state index contributed by atoms with van der Waals surface area (Å²) in [6.45, 7) is 3.94. The molecule has 2 rings (SSSR count). The molecule has 2 aromatic rings. The van der Waals surface area contributed by atoms with Crippen LogP contribution in [0.2, 0.25) is 0 Å². The Labute approximate surface area is 98.5 Å². The zero-order valence-corrected chi connectivity index (χ0v) is 10.2. The Kier molecular flexibility index (Phi) is 3.19. The minimum Gasteiger partial charge on any atom is -0.302 e.